The predicted molar refractivity (Wildman–Crippen MR) is 108 cm³/mol. The summed E-state index contributed by atoms with van der Waals surface area (Å²) in [5, 5.41) is 2.69. The molecular formula is C22H29N3O3. The summed E-state index contributed by atoms with van der Waals surface area (Å²) in [6.45, 7) is 6.07. The predicted octanol–water partition coefficient (Wildman–Crippen LogP) is 3.21. The van der Waals surface area contributed by atoms with E-state index in [1.165, 1.54) is 5.56 Å². The van der Waals surface area contributed by atoms with Crippen molar-refractivity contribution in [2.24, 2.45) is 5.92 Å². The lowest BCUT2D eigenvalue weighted by atomic mass is 10.0. The number of benzene rings is 1. The minimum Gasteiger partial charge on any atom is -0.441 e. The number of likely N-dealkylation sites (tertiary alicyclic amines) is 1. The molecule has 6 heteroatoms. The molecule has 28 heavy (non-hydrogen) atoms. The van der Waals surface area contributed by atoms with Gasteiger partial charge in [0.2, 0.25) is 11.8 Å². The second-order valence-corrected chi connectivity index (χ2v) is 7.78. The summed E-state index contributed by atoms with van der Waals surface area (Å²) in [5.74, 6) is 1.69. The number of aryl methyl sites for hydroxylation is 1. The van der Waals surface area contributed by atoms with E-state index in [-0.39, 0.29) is 24.8 Å². The largest absolute Gasteiger partial charge is 0.441 e. The molecule has 1 aromatic heterocycles. The van der Waals surface area contributed by atoms with Crippen LogP contribution in [0.15, 0.2) is 34.9 Å². The molecule has 150 valence electrons. The first-order valence-corrected chi connectivity index (χ1v) is 10.1. The van der Waals surface area contributed by atoms with Crippen molar-refractivity contribution in [1.29, 1.82) is 0 Å². The summed E-state index contributed by atoms with van der Waals surface area (Å²) in [6.07, 6.45) is 5.51. The Bertz CT molecular complexity index is 790. The Balaban J connectivity index is 1.45. The lowest BCUT2D eigenvalue weighted by molar-refractivity contribution is -0.132. The van der Waals surface area contributed by atoms with Crippen LogP contribution < -0.4 is 5.32 Å². The summed E-state index contributed by atoms with van der Waals surface area (Å²) in [5.41, 5.74) is 2.28. The number of rotatable bonds is 8. The average molecular weight is 383 g/mol. The fourth-order valence-electron chi connectivity index (χ4n) is 3.40. The van der Waals surface area contributed by atoms with Crippen LogP contribution in [-0.4, -0.2) is 41.3 Å². The Morgan fingerprint density at radius 1 is 1.18 bits per heavy atom. The van der Waals surface area contributed by atoms with Crippen LogP contribution >= 0.6 is 0 Å². The molecule has 1 aromatic carbocycles. The number of nitrogens with zero attached hydrogens (tertiary/aromatic N) is 2. The maximum Gasteiger partial charge on any atom is 0.241 e. The molecule has 2 amide bonds. The van der Waals surface area contributed by atoms with E-state index in [0.717, 1.165) is 37.9 Å². The van der Waals surface area contributed by atoms with E-state index in [9.17, 15) is 9.59 Å². The molecule has 0 unspecified atom stereocenters. The van der Waals surface area contributed by atoms with Crippen molar-refractivity contribution in [3.8, 4) is 11.3 Å². The van der Waals surface area contributed by atoms with E-state index >= 15 is 0 Å². The van der Waals surface area contributed by atoms with Crippen molar-refractivity contribution in [2.75, 3.05) is 19.6 Å². The maximum absolute atomic E-state index is 12.0. The third kappa shape index (κ3) is 5.68. The highest BCUT2D eigenvalue weighted by Gasteiger charge is 2.18. The van der Waals surface area contributed by atoms with Gasteiger partial charge in [-0.05, 0) is 30.7 Å². The van der Waals surface area contributed by atoms with E-state index in [0.29, 0.717) is 24.0 Å². The summed E-state index contributed by atoms with van der Waals surface area (Å²) in [6, 6.07) is 8.31. The molecule has 2 aromatic rings. The minimum absolute atomic E-state index is 0.00910. The monoisotopic (exact) mass is 383 g/mol. The van der Waals surface area contributed by atoms with Gasteiger partial charge in [-0.25, -0.2) is 4.98 Å². The van der Waals surface area contributed by atoms with Crippen LogP contribution in [0, 0.1) is 5.92 Å². The van der Waals surface area contributed by atoms with Crippen molar-refractivity contribution in [2.45, 2.75) is 46.0 Å². The zero-order valence-electron chi connectivity index (χ0n) is 16.7. The SMILES string of the molecule is CC(C)Cc1ccc(-c2cnc(CCC(=O)NCC(=O)N3CCCC3)o2)cc1. The molecule has 6 nitrogen and oxygen atoms in total. The normalized spacial score (nSPS) is 13.9. The Kier molecular flexibility index (Phi) is 6.85. The van der Waals surface area contributed by atoms with Gasteiger partial charge in [0.05, 0.1) is 12.7 Å². The first-order chi connectivity index (χ1) is 13.5. The minimum atomic E-state index is -0.162. The van der Waals surface area contributed by atoms with Gasteiger partial charge in [0, 0.05) is 31.5 Å². The van der Waals surface area contributed by atoms with E-state index in [4.69, 9.17) is 4.42 Å². The molecule has 1 aliphatic rings. The fourth-order valence-corrected chi connectivity index (χ4v) is 3.40. The van der Waals surface area contributed by atoms with Crippen LogP contribution in [-0.2, 0) is 22.4 Å². The van der Waals surface area contributed by atoms with Crippen molar-refractivity contribution < 1.29 is 14.0 Å². The molecule has 1 fully saturated rings. The number of hydrogen-bond acceptors (Lipinski definition) is 4. The molecule has 3 rings (SSSR count). The maximum atomic E-state index is 12.0. The van der Waals surface area contributed by atoms with E-state index in [1.807, 2.05) is 12.1 Å². The van der Waals surface area contributed by atoms with Gasteiger partial charge in [0.15, 0.2) is 11.7 Å². The topological polar surface area (TPSA) is 75.4 Å². The fraction of sp³-hybridized carbons (Fsp3) is 0.500. The number of carbonyl (C=O) groups is 2. The highest BCUT2D eigenvalue weighted by molar-refractivity contribution is 5.84. The number of carbonyl (C=O) groups excluding carboxylic acids is 2. The lowest BCUT2D eigenvalue weighted by Gasteiger charge is -2.15. The van der Waals surface area contributed by atoms with E-state index < -0.39 is 0 Å². The van der Waals surface area contributed by atoms with Crippen molar-refractivity contribution in [3.05, 3.63) is 41.9 Å². The molecule has 0 aliphatic carbocycles. The van der Waals surface area contributed by atoms with Crippen molar-refractivity contribution in [1.82, 2.24) is 15.2 Å². The number of hydrogen-bond donors (Lipinski definition) is 1. The van der Waals surface area contributed by atoms with Gasteiger partial charge in [0.1, 0.15) is 0 Å². The first-order valence-electron chi connectivity index (χ1n) is 10.1. The number of amides is 2. The Labute approximate surface area is 166 Å². The van der Waals surface area contributed by atoms with Crippen LogP contribution in [0.2, 0.25) is 0 Å². The Morgan fingerprint density at radius 3 is 2.57 bits per heavy atom. The highest BCUT2D eigenvalue weighted by atomic mass is 16.4. The lowest BCUT2D eigenvalue weighted by Crippen LogP contribution is -2.38. The van der Waals surface area contributed by atoms with Crippen LogP contribution in [0.25, 0.3) is 11.3 Å². The molecule has 0 bridgehead atoms. The summed E-state index contributed by atoms with van der Waals surface area (Å²) in [4.78, 5) is 30.0. The van der Waals surface area contributed by atoms with Gasteiger partial charge in [-0.1, -0.05) is 38.1 Å². The summed E-state index contributed by atoms with van der Waals surface area (Å²) < 4.78 is 5.78. The van der Waals surface area contributed by atoms with Gasteiger partial charge >= 0.3 is 0 Å². The zero-order valence-corrected chi connectivity index (χ0v) is 16.7. The quantitative estimate of drug-likeness (QED) is 0.759. The second kappa shape index (κ2) is 9.53. The van der Waals surface area contributed by atoms with Gasteiger partial charge in [-0.3, -0.25) is 9.59 Å². The van der Waals surface area contributed by atoms with Gasteiger partial charge in [-0.15, -0.1) is 0 Å². The molecule has 0 saturated carbocycles. The third-order valence-electron chi connectivity index (χ3n) is 4.90. The van der Waals surface area contributed by atoms with Gasteiger partial charge < -0.3 is 14.6 Å². The highest BCUT2D eigenvalue weighted by Crippen LogP contribution is 2.22. The second-order valence-electron chi connectivity index (χ2n) is 7.78. The van der Waals surface area contributed by atoms with E-state index in [2.05, 4.69) is 36.3 Å². The Morgan fingerprint density at radius 2 is 1.89 bits per heavy atom. The van der Waals surface area contributed by atoms with Crippen molar-refractivity contribution in [3.63, 3.8) is 0 Å². The van der Waals surface area contributed by atoms with Crippen LogP contribution in [0.5, 0.6) is 0 Å². The molecule has 1 N–H and O–H groups in total. The molecule has 1 aliphatic heterocycles. The smallest absolute Gasteiger partial charge is 0.241 e. The number of aromatic nitrogens is 1. The van der Waals surface area contributed by atoms with Crippen LogP contribution in [0.1, 0.15) is 44.6 Å². The van der Waals surface area contributed by atoms with Crippen LogP contribution in [0.4, 0.5) is 0 Å². The number of nitrogens with one attached hydrogen (secondary N) is 1. The first kappa shape index (κ1) is 20.1. The summed E-state index contributed by atoms with van der Waals surface area (Å²) >= 11 is 0. The van der Waals surface area contributed by atoms with Gasteiger partial charge in [-0.2, -0.15) is 0 Å². The average Bonchev–Trinajstić information content (AvgIpc) is 3.36. The molecule has 0 atom stereocenters. The summed E-state index contributed by atoms with van der Waals surface area (Å²) in [7, 11) is 0. The molecule has 1 saturated heterocycles. The van der Waals surface area contributed by atoms with Crippen molar-refractivity contribution >= 4 is 11.8 Å². The molecule has 0 spiro atoms. The zero-order chi connectivity index (χ0) is 19.9. The Hall–Kier alpha value is -2.63. The molecule has 2 heterocycles. The standard InChI is InChI=1S/C22H29N3O3/c1-16(2)13-17-5-7-18(8-6-17)19-14-24-21(28-19)10-9-20(26)23-15-22(27)25-11-3-4-12-25/h5-8,14,16H,3-4,9-13,15H2,1-2H3,(H,23,26). The molecule has 0 radical (unpaired) electrons. The van der Waals surface area contributed by atoms with E-state index in [1.54, 1.807) is 11.1 Å². The van der Waals surface area contributed by atoms with Crippen LogP contribution in [0.3, 0.4) is 0 Å². The third-order valence-corrected chi connectivity index (χ3v) is 4.90. The van der Waals surface area contributed by atoms with Gasteiger partial charge in [0.25, 0.3) is 0 Å². The number of oxazole rings is 1. The molecular weight excluding hydrogens is 354 g/mol.